The van der Waals surface area contributed by atoms with Gasteiger partial charge >= 0.3 is 0 Å². The Labute approximate surface area is 158 Å². The number of anilines is 2. The molecule has 1 aromatic heterocycles. The van der Waals surface area contributed by atoms with Crippen molar-refractivity contribution in [3.05, 3.63) is 97.1 Å². The number of hydrogen-bond acceptors (Lipinski definition) is 1. The minimum atomic E-state index is 1.16. The summed E-state index contributed by atoms with van der Waals surface area (Å²) >= 11 is 0. The van der Waals surface area contributed by atoms with Crippen LogP contribution in [0.15, 0.2) is 97.1 Å². The van der Waals surface area contributed by atoms with Gasteiger partial charge in [-0.05, 0) is 29.8 Å². The summed E-state index contributed by atoms with van der Waals surface area (Å²) < 4.78 is 0. The maximum atomic E-state index is 3.58. The molecule has 0 amide bonds. The fourth-order valence-corrected chi connectivity index (χ4v) is 3.90. The van der Waals surface area contributed by atoms with E-state index in [-0.39, 0.29) is 0 Å². The molecule has 0 atom stereocenters. The molecular weight excluding hydrogens is 328 g/mol. The molecule has 0 aliphatic rings. The van der Waals surface area contributed by atoms with Crippen molar-refractivity contribution in [2.75, 3.05) is 11.9 Å². The highest BCUT2D eigenvalue weighted by molar-refractivity contribution is 6.17. The largest absolute Gasteiger partial charge is 0.354 e. The Morgan fingerprint density at radius 2 is 1.30 bits per heavy atom. The van der Waals surface area contributed by atoms with Crippen molar-refractivity contribution in [2.45, 2.75) is 0 Å². The van der Waals surface area contributed by atoms with E-state index in [0.717, 1.165) is 5.52 Å². The first-order valence-electron chi connectivity index (χ1n) is 9.20. The van der Waals surface area contributed by atoms with Gasteiger partial charge in [0.1, 0.15) is 0 Å². The smallest absolute Gasteiger partial charge is 0.0589 e. The second-order valence-electron chi connectivity index (χ2n) is 6.82. The molecule has 0 fully saturated rings. The third kappa shape index (κ3) is 2.58. The summed E-state index contributed by atoms with van der Waals surface area (Å²) in [6.45, 7) is 0. The predicted octanol–water partition coefficient (Wildman–Crippen LogP) is 6.76. The first-order chi connectivity index (χ1) is 13.3. The van der Waals surface area contributed by atoms with Crippen LogP contribution in [0, 0.1) is 0 Å². The van der Waals surface area contributed by atoms with Crippen LogP contribution < -0.4 is 4.90 Å². The molecule has 27 heavy (non-hydrogen) atoms. The van der Waals surface area contributed by atoms with Crippen LogP contribution in [-0.2, 0) is 0 Å². The van der Waals surface area contributed by atoms with E-state index < -0.39 is 0 Å². The molecule has 5 aromatic rings. The molecule has 0 spiro atoms. The predicted molar refractivity (Wildman–Crippen MR) is 116 cm³/mol. The highest BCUT2D eigenvalue weighted by Gasteiger charge is 2.18. The Bertz CT molecular complexity index is 1220. The standard InChI is InChI=1S/C25H20N2/c1-27(19-12-6-3-7-13-19)25-20(18-10-4-2-5-11-18)16-17-23-24(25)21-14-8-9-15-22(21)26-23/h2-17,26H,1H3. The van der Waals surface area contributed by atoms with Crippen LogP contribution in [0.4, 0.5) is 11.4 Å². The van der Waals surface area contributed by atoms with E-state index in [4.69, 9.17) is 0 Å². The summed E-state index contributed by atoms with van der Waals surface area (Å²) in [6, 6.07) is 34.1. The van der Waals surface area contributed by atoms with Gasteiger partial charge < -0.3 is 9.88 Å². The van der Waals surface area contributed by atoms with Crippen molar-refractivity contribution in [3.63, 3.8) is 0 Å². The van der Waals surface area contributed by atoms with Gasteiger partial charge in [-0.25, -0.2) is 0 Å². The molecule has 2 nitrogen and oxygen atoms in total. The summed E-state index contributed by atoms with van der Waals surface area (Å²) in [5, 5.41) is 2.52. The molecule has 4 aromatic carbocycles. The lowest BCUT2D eigenvalue weighted by Gasteiger charge is -2.24. The lowest BCUT2D eigenvalue weighted by Crippen LogP contribution is -2.11. The fraction of sp³-hybridized carbons (Fsp3) is 0.0400. The first-order valence-corrected chi connectivity index (χ1v) is 9.20. The van der Waals surface area contributed by atoms with Crippen LogP contribution in [-0.4, -0.2) is 12.0 Å². The topological polar surface area (TPSA) is 19.0 Å². The molecule has 2 heteroatoms. The van der Waals surface area contributed by atoms with E-state index in [1.54, 1.807) is 0 Å². The summed E-state index contributed by atoms with van der Waals surface area (Å²) in [5.41, 5.74) is 7.19. The van der Waals surface area contributed by atoms with Gasteiger partial charge in [-0.2, -0.15) is 0 Å². The monoisotopic (exact) mass is 348 g/mol. The van der Waals surface area contributed by atoms with Crippen LogP contribution in [0.2, 0.25) is 0 Å². The zero-order valence-electron chi connectivity index (χ0n) is 15.2. The second kappa shape index (κ2) is 6.33. The zero-order valence-corrected chi connectivity index (χ0v) is 15.2. The Hall–Kier alpha value is -3.52. The minimum Gasteiger partial charge on any atom is -0.354 e. The number of nitrogens with zero attached hydrogens (tertiary/aromatic N) is 1. The average Bonchev–Trinajstić information content (AvgIpc) is 3.12. The molecular formula is C25H20N2. The van der Waals surface area contributed by atoms with Crippen LogP contribution in [0.1, 0.15) is 0 Å². The lowest BCUT2D eigenvalue weighted by atomic mass is 9.98. The van der Waals surface area contributed by atoms with E-state index >= 15 is 0 Å². The van der Waals surface area contributed by atoms with Gasteiger partial charge in [-0.3, -0.25) is 0 Å². The SMILES string of the molecule is CN(c1ccccc1)c1c(-c2ccccc2)ccc2[nH]c3ccccc3c12. The van der Waals surface area contributed by atoms with Crippen molar-refractivity contribution in [3.8, 4) is 11.1 Å². The van der Waals surface area contributed by atoms with Gasteiger partial charge in [0.2, 0.25) is 0 Å². The van der Waals surface area contributed by atoms with Crippen LogP contribution in [0.3, 0.4) is 0 Å². The van der Waals surface area contributed by atoms with Crippen molar-refractivity contribution >= 4 is 33.2 Å². The summed E-state index contributed by atoms with van der Waals surface area (Å²) in [6.07, 6.45) is 0. The number of para-hydroxylation sites is 2. The molecule has 0 saturated carbocycles. The Balaban J connectivity index is 1.88. The minimum absolute atomic E-state index is 1.16. The molecule has 0 aliphatic heterocycles. The normalized spacial score (nSPS) is 11.1. The third-order valence-electron chi connectivity index (χ3n) is 5.21. The molecule has 0 radical (unpaired) electrons. The quantitative estimate of drug-likeness (QED) is 0.382. The Morgan fingerprint density at radius 3 is 2.07 bits per heavy atom. The molecule has 5 rings (SSSR count). The van der Waals surface area contributed by atoms with E-state index in [2.05, 4.69) is 114 Å². The van der Waals surface area contributed by atoms with Gasteiger partial charge in [-0.15, -0.1) is 0 Å². The highest BCUT2D eigenvalue weighted by atomic mass is 15.1. The zero-order chi connectivity index (χ0) is 18.2. The number of benzene rings is 4. The molecule has 0 unspecified atom stereocenters. The number of nitrogens with one attached hydrogen (secondary N) is 1. The summed E-state index contributed by atoms with van der Waals surface area (Å²) in [7, 11) is 2.15. The first kappa shape index (κ1) is 15.7. The molecule has 0 bridgehead atoms. The lowest BCUT2D eigenvalue weighted by molar-refractivity contribution is 1.22. The van der Waals surface area contributed by atoms with Gasteiger partial charge in [0.25, 0.3) is 0 Å². The van der Waals surface area contributed by atoms with Gasteiger partial charge in [0.05, 0.1) is 5.69 Å². The van der Waals surface area contributed by atoms with Crippen LogP contribution in [0.25, 0.3) is 32.9 Å². The number of fused-ring (bicyclic) bond motifs is 3. The summed E-state index contributed by atoms with van der Waals surface area (Å²) in [5.74, 6) is 0. The van der Waals surface area contributed by atoms with E-state index in [1.807, 2.05) is 0 Å². The molecule has 1 N–H and O–H groups in total. The number of aromatic nitrogens is 1. The number of H-pyrrole nitrogens is 1. The van der Waals surface area contributed by atoms with Gasteiger partial charge in [0, 0.05) is 40.1 Å². The summed E-state index contributed by atoms with van der Waals surface area (Å²) in [4.78, 5) is 5.87. The van der Waals surface area contributed by atoms with Crippen molar-refractivity contribution in [2.24, 2.45) is 0 Å². The van der Waals surface area contributed by atoms with E-state index in [9.17, 15) is 0 Å². The molecule has 0 aliphatic carbocycles. The van der Waals surface area contributed by atoms with Gasteiger partial charge in [-0.1, -0.05) is 72.8 Å². The van der Waals surface area contributed by atoms with Crippen molar-refractivity contribution in [1.29, 1.82) is 0 Å². The Kier molecular flexibility index (Phi) is 3.68. The molecule has 0 saturated heterocycles. The van der Waals surface area contributed by atoms with Gasteiger partial charge in [0.15, 0.2) is 0 Å². The second-order valence-corrected chi connectivity index (χ2v) is 6.82. The number of aromatic amines is 1. The van der Waals surface area contributed by atoms with Crippen LogP contribution in [0.5, 0.6) is 0 Å². The molecule has 130 valence electrons. The van der Waals surface area contributed by atoms with Crippen molar-refractivity contribution in [1.82, 2.24) is 4.98 Å². The number of rotatable bonds is 3. The van der Waals surface area contributed by atoms with Crippen molar-refractivity contribution < 1.29 is 0 Å². The Morgan fingerprint density at radius 1 is 0.630 bits per heavy atom. The average molecular weight is 348 g/mol. The maximum absolute atomic E-state index is 3.58. The van der Waals surface area contributed by atoms with E-state index in [1.165, 1.54) is 38.8 Å². The maximum Gasteiger partial charge on any atom is 0.0589 e. The molecule has 1 heterocycles. The number of hydrogen-bond donors (Lipinski definition) is 1. The third-order valence-corrected chi connectivity index (χ3v) is 5.21. The van der Waals surface area contributed by atoms with Crippen LogP contribution >= 0.6 is 0 Å². The fourth-order valence-electron chi connectivity index (χ4n) is 3.90. The highest BCUT2D eigenvalue weighted by Crippen LogP contribution is 2.42. The van der Waals surface area contributed by atoms with E-state index in [0.29, 0.717) is 0 Å².